The van der Waals surface area contributed by atoms with E-state index < -0.39 is 5.60 Å². The molecule has 3 rings (SSSR count). The Hall–Kier alpha value is -2.04. The molecule has 1 saturated heterocycles. The number of likely N-dealkylation sites (tertiary alicyclic amines) is 1. The van der Waals surface area contributed by atoms with Gasteiger partial charge >= 0.3 is 6.09 Å². The Labute approximate surface area is 143 Å². The van der Waals surface area contributed by atoms with Crippen molar-refractivity contribution >= 4 is 17.7 Å². The van der Waals surface area contributed by atoms with Crippen LogP contribution >= 0.6 is 0 Å². The van der Waals surface area contributed by atoms with E-state index in [0.717, 1.165) is 31.5 Å². The second-order valence-corrected chi connectivity index (χ2v) is 7.79. The number of hydrogen-bond donors (Lipinski definition) is 1. The van der Waals surface area contributed by atoms with Gasteiger partial charge in [-0.2, -0.15) is 0 Å². The summed E-state index contributed by atoms with van der Waals surface area (Å²) in [4.78, 5) is 25.7. The fourth-order valence-corrected chi connectivity index (χ4v) is 3.87. The Bertz CT molecular complexity index is 663. The predicted molar refractivity (Wildman–Crippen MR) is 93.2 cm³/mol. The van der Waals surface area contributed by atoms with Crippen molar-refractivity contribution in [2.45, 2.75) is 64.5 Å². The Morgan fingerprint density at radius 1 is 1.29 bits per heavy atom. The number of rotatable bonds is 1. The molecule has 0 spiro atoms. The zero-order valence-corrected chi connectivity index (χ0v) is 14.9. The predicted octanol–water partition coefficient (Wildman–Crippen LogP) is 3.68. The van der Waals surface area contributed by atoms with Gasteiger partial charge in [0.2, 0.25) is 5.91 Å². The van der Waals surface area contributed by atoms with Gasteiger partial charge in [0.1, 0.15) is 5.60 Å². The number of amides is 2. The molecule has 130 valence electrons. The maximum atomic E-state index is 12.6. The summed E-state index contributed by atoms with van der Waals surface area (Å²) in [6.45, 7) is 7.96. The van der Waals surface area contributed by atoms with Crippen LogP contribution < -0.4 is 5.32 Å². The highest BCUT2D eigenvalue weighted by molar-refractivity contribution is 5.88. The van der Waals surface area contributed by atoms with Gasteiger partial charge in [0.05, 0.1) is 0 Å². The molecule has 2 aliphatic rings. The summed E-state index contributed by atoms with van der Waals surface area (Å²) in [6, 6.07) is 6.26. The third-order valence-electron chi connectivity index (χ3n) is 4.70. The summed E-state index contributed by atoms with van der Waals surface area (Å²) in [5, 5.41) is 2.84. The minimum Gasteiger partial charge on any atom is -0.444 e. The zero-order chi connectivity index (χ0) is 17.5. The highest BCUT2D eigenvalue weighted by Gasteiger charge is 2.42. The molecule has 24 heavy (non-hydrogen) atoms. The summed E-state index contributed by atoms with van der Waals surface area (Å²) in [5.41, 5.74) is 2.88. The van der Waals surface area contributed by atoms with Crippen molar-refractivity contribution in [2.24, 2.45) is 0 Å². The number of carbonyl (C=O) groups excluding carboxylic acids is 2. The van der Waals surface area contributed by atoms with Gasteiger partial charge in [-0.25, -0.2) is 4.79 Å². The molecule has 1 N–H and O–H groups in total. The van der Waals surface area contributed by atoms with E-state index in [1.54, 1.807) is 0 Å². The van der Waals surface area contributed by atoms with Crippen LogP contribution in [0.2, 0.25) is 0 Å². The van der Waals surface area contributed by atoms with Crippen molar-refractivity contribution in [3.05, 3.63) is 29.3 Å². The molecule has 1 fully saturated rings. The third-order valence-corrected chi connectivity index (χ3v) is 4.70. The first-order valence-electron chi connectivity index (χ1n) is 8.64. The van der Waals surface area contributed by atoms with Crippen LogP contribution in [0.1, 0.15) is 57.6 Å². The summed E-state index contributed by atoms with van der Waals surface area (Å²) in [5.74, 6) is 0.299. The average Bonchev–Trinajstić information content (AvgIpc) is 2.82. The summed E-state index contributed by atoms with van der Waals surface area (Å²) in [6.07, 6.45) is 2.70. The fourth-order valence-electron chi connectivity index (χ4n) is 3.87. The van der Waals surface area contributed by atoms with Gasteiger partial charge in [-0.15, -0.1) is 0 Å². The minimum atomic E-state index is -0.478. The number of ether oxygens (including phenoxy) is 1. The molecule has 1 aromatic rings. The first kappa shape index (κ1) is 16.8. The molecule has 1 aliphatic heterocycles. The lowest BCUT2D eigenvalue weighted by Gasteiger charge is -2.38. The van der Waals surface area contributed by atoms with Gasteiger partial charge < -0.3 is 15.0 Å². The number of nitrogens with one attached hydrogen (secondary N) is 1. The molecule has 1 aliphatic carbocycles. The molecule has 2 atom stereocenters. The van der Waals surface area contributed by atoms with E-state index in [1.807, 2.05) is 37.8 Å². The Kier molecular flexibility index (Phi) is 4.28. The van der Waals surface area contributed by atoms with Crippen LogP contribution in [0.5, 0.6) is 0 Å². The second-order valence-electron chi connectivity index (χ2n) is 7.79. The maximum absolute atomic E-state index is 12.6. The van der Waals surface area contributed by atoms with E-state index in [2.05, 4.69) is 11.4 Å². The van der Waals surface area contributed by atoms with Crippen molar-refractivity contribution in [3.63, 3.8) is 0 Å². The number of nitrogens with zero attached hydrogens (tertiary/aromatic N) is 1. The number of benzene rings is 1. The van der Waals surface area contributed by atoms with Crippen molar-refractivity contribution in [1.82, 2.24) is 4.90 Å². The van der Waals surface area contributed by atoms with E-state index in [0.29, 0.717) is 5.92 Å². The van der Waals surface area contributed by atoms with Gasteiger partial charge in [0.15, 0.2) is 0 Å². The number of hydrogen-bond acceptors (Lipinski definition) is 3. The summed E-state index contributed by atoms with van der Waals surface area (Å²) >= 11 is 0. The van der Waals surface area contributed by atoms with Crippen LogP contribution in [-0.2, 0) is 16.0 Å². The largest absolute Gasteiger partial charge is 0.444 e. The van der Waals surface area contributed by atoms with E-state index in [-0.39, 0.29) is 18.0 Å². The topological polar surface area (TPSA) is 58.6 Å². The number of fused-ring (bicyclic) bond motifs is 3. The molecular weight excluding hydrogens is 304 g/mol. The highest BCUT2D eigenvalue weighted by Crippen LogP contribution is 2.43. The van der Waals surface area contributed by atoms with E-state index >= 15 is 0 Å². The third kappa shape index (κ3) is 3.40. The Balaban J connectivity index is 1.81. The molecule has 0 saturated carbocycles. The van der Waals surface area contributed by atoms with Crippen LogP contribution in [0, 0.1) is 0 Å². The summed E-state index contributed by atoms with van der Waals surface area (Å²) in [7, 11) is 0. The lowest BCUT2D eigenvalue weighted by atomic mass is 9.89. The molecule has 0 aromatic heterocycles. The lowest BCUT2D eigenvalue weighted by molar-refractivity contribution is -0.114. The highest BCUT2D eigenvalue weighted by atomic mass is 16.6. The molecule has 5 heteroatoms. The molecule has 0 radical (unpaired) electrons. The smallest absolute Gasteiger partial charge is 0.410 e. The molecular formula is C19H26N2O3. The van der Waals surface area contributed by atoms with E-state index in [9.17, 15) is 9.59 Å². The van der Waals surface area contributed by atoms with Gasteiger partial charge in [-0.3, -0.25) is 4.79 Å². The van der Waals surface area contributed by atoms with Crippen LogP contribution in [0.4, 0.5) is 10.5 Å². The molecule has 1 aromatic carbocycles. The van der Waals surface area contributed by atoms with Crippen LogP contribution in [0.15, 0.2) is 18.2 Å². The number of anilines is 1. The second kappa shape index (κ2) is 6.11. The number of carbonyl (C=O) groups is 2. The lowest BCUT2D eigenvalue weighted by Crippen LogP contribution is -2.48. The normalized spacial score (nSPS) is 22.6. The number of piperidine rings is 1. The molecule has 5 nitrogen and oxygen atoms in total. The molecule has 1 heterocycles. The van der Waals surface area contributed by atoms with E-state index in [1.165, 1.54) is 18.1 Å². The Morgan fingerprint density at radius 2 is 2.04 bits per heavy atom. The van der Waals surface area contributed by atoms with Gasteiger partial charge in [0.25, 0.3) is 0 Å². The maximum Gasteiger partial charge on any atom is 0.410 e. The zero-order valence-electron chi connectivity index (χ0n) is 14.9. The standard InChI is InChI=1S/C19H26N2O3/c1-12(22)20-14-7-8-15-13(10-14)11-17-16(15)6-5-9-21(17)18(23)24-19(2,3)4/h7-8,10,16-17H,5-6,9,11H2,1-4H3,(H,20,22)/t16?,17-/m0/s1. The molecule has 2 amide bonds. The molecule has 1 unspecified atom stereocenters. The summed E-state index contributed by atoms with van der Waals surface area (Å²) < 4.78 is 5.59. The van der Waals surface area contributed by atoms with Gasteiger partial charge in [-0.05, 0) is 63.3 Å². The van der Waals surface area contributed by atoms with Crippen LogP contribution in [-0.4, -0.2) is 35.1 Å². The van der Waals surface area contributed by atoms with Crippen molar-refractivity contribution < 1.29 is 14.3 Å². The first-order chi connectivity index (χ1) is 11.2. The van der Waals surface area contributed by atoms with Crippen molar-refractivity contribution in [2.75, 3.05) is 11.9 Å². The average molecular weight is 330 g/mol. The fraction of sp³-hybridized carbons (Fsp3) is 0.579. The van der Waals surface area contributed by atoms with Gasteiger partial charge in [-0.1, -0.05) is 6.07 Å². The molecule has 0 bridgehead atoms. The van der Waals surface area contributed by atoms with Crippen molar-refractivity contribution in [1.29, 1.82) is 0 Å². The monoisotopic (exact) mass is 330 g/mol. The SMILES string of the molecule is CC(=O)Nc1ccc2c(c1)C[C@H]1C2CCCN1C(=O)OC(C)(C)C. The Morgan fingerprint density at radius 3 is 2.71 bits per heavy atom. The van der Waals surface area contributed by atoms with Crippen LogP contribution in [0.25, 0.3) is 0 Å². The van der Waals surface area contributed by atoms with E-state index in [4.69, 9.17) is 4.74 Å². The minimum absolute atomic E-state index is 0.0688. The van der Waals surface area contributed by atoms with Gasteiger partial charge in [0, 0.05) is 31.1 Å². The van der Waals surface area contributed by atoms with Crippen LogP contribution in [0.3, 0.4) is 0 Å². The first-order valence-corrected chi connectivity index (χ1v) is 8.64. The quantitative estimate of drug-likeness (QED) is 0.854. The van der Waals surface area contributed by atoms with Crippen molar-refractivity contribution in [3.8, 4) is 0 Å².